The molecular weight excluding hydrogens is 170 g/mol. The molecule has 12 heavy (non-hydrogen) atoms. The Bertz CT molecular complexity index is 71.9. The van der Waals surface area contributed by atoms with E-state index in [0.29, 0.717) is 0 Å². The summed E-state index contributed by atoms with van der Waals surface area (Å²) in [7, 11) is 0. The summed E-state index contributed by atoms with van der Waals surface area (Å²) in [6, 6.07) is 0. The molecule has 0 aromatic heterocycles. The van der Waals surface area contributed by atoms with Gasteiger partial charge < -0.3 is 17.7 Å². The summed E-state index contributed by atoms with van der Waals surface area (Å²) in [5.41, 5.74) is 0. The maximum atomic E-state index is 2.44. The summed E-state index contributed by atoms with van der Waals surface area (Å²) in [5, 5.41) is 2.44. The quantitative estimate of drug-likeness (QED) is 0.503. The smallest absolute Gasteiger partial charge is 0.0757 e. The van der Waals surface area contributed by atoms with Gasteiger partial charge in [0.05, 0.1) is 13.1 Å². The molecule has 0 aromatic rings. The molecule has 0 bridgehead atoms. The van der Waals surface area contributed by atoms with Crippen LogP contribution in [0.25, 0.3) is 0 Å². The van der Waals surface area contributed by atoms with Gasteiger partial charge >= 0.3 is 0 Å². The fourth-order valence-corrected chi connectivity index (χ4v) is 1.05. The van der Waals surface area contributed by atoms with E-state index in [1.54, 1.807) is 0 Å². The van der Waals surface area contributed by atoms with Crippen LogP contribution >= 0.6 is 0 Å². The van der Waals surface area contributed by atoms with Crippen molar-refractivity contribution in [1.82, 2.24) is 0 Å². The minimum Gasteiger partial charge on any atom is -1.00 e. The molecule has 0 saturated heterocycles. The molecule has 0 fully saturated rings. The van der Waals surface area contributed by atoms with Crippen LogP contribution in [0.4, 0.5) is 0 Å². The highest BCUT2D eigenvalue weighted by molar-refractivity contribution is 4.42. The standard InChI is InChI=1S/C10H23N.ClH/c1-9(2)5-7-11-8-6-10(3)4;/h9-11H,5-8H2,1-4H3;1H. The molecule has 0 spiro atoms. The number of nitrogens with two attached hydrogens (primary N) is 1. The summed E-state index contributed by atoms with van der Waals surface area (Å²) >= 11 is 0. The summed E-state index contributed by atoms with van der Waals surface area (Å²) in [5.74, 6) is 1.73. The van der Waals surface area contributed by atoms with Crippen LogP contribution in [-0.4, -0.2) is 13.1 Å². The average Bonchev–Trinajstić information content (AvgIpc) is 1.85. The summed E-state index contributed by atoms with van der Waals surface area (Å²) < 4.78 is 0. The number of hydrogen-bond acceptors (Lipinski definition) is 0. The minimum atomic E-state index is 0. The van der Waals surface area contributed by atoms with Crippen LogP contribution in [0.3, 0.4) is 0 Å². The van der Waals surface area contributed by atoms with Crippen LogP contribution in [0, 0.1) is 11.8 Å². The lowest BCUT2D eigenvalue weighted by Crippen LogP contribution is -3.00. The van der Waals surface area contributed by atoms with Crippen LogP contribution in [0.15, 0.2) is 0 Å². The van der Waals surface area contributed by atoms with E-state index < -0.39 is 0 Å². The zero-order chi connectivity index (χ0) is 8.69. The first-order chi connectivity index (χ1) is 5.13. The van der Waals surface area contributed by atoms with Gasteiger partial charge in [-0.15, -0.1) is 0 Å². The average molecular weight is 194 g/mol. The Hall–Kier alpha value is 0.250. The molecule has 2 heteroatoms. The zero-order valence-corrected chi connectivity index (χ0v) is 9.69. The van der Waals surface area contributed by atoms with Crippen LogP contribution in [-0.2, 0) is 0 Å². The van der Waals surface area contributed by atoms with E-state index in [2.05, 4.69) is 33.0 Å². The molecule has 1 nitrogen and oxygen atoms in total. The first-order valence-corrected chi connectivity index (χ1v) is 4.94. The molecular formula is C10H24ClN. The first kappa shape index (κ1) is 14.8. The van der Waals surface area contributed by atoms with Crippen LogP contribution in [0.5, 0.6) is 0 Å². The predicted molar refractivity (Wildman–Crippen MR) is 50.6 cm³/mol. The minimum absolute atomic E-state index is 0. The number of hydrogen-bond donors (Lipinski definition) is 1. The summed E-state index contributed by atoms with van der Waals surface area (Å²) in [6.45, 7) is 11.8. The van der Waals surface area contributed by atoms with Crippen LogP contribution < -0.4 is 17.7 Å². The van der Waals surface area contributed by atoms with Crippen molar-refractivity contribution in [1.29, 1.82) is 0 Å². The SMILES string of the molecule is CC(C)CC[NH2+]CCC(C)C.[Cl-]. The van der Waals surface area contributed by atoms with Gasteiger partial charge in [-0.05, 0) is 24.7 Å². The number of quaternary nitrogens is 1. The third-order valence-corrected chi connectivity index (χ3v) is 1.90. The highest BCUT2D eigenvalue weighted by Gasteiger charge is 1.97. The molecule has 0 amide bonds. The Kier molecular flexibility index (Phi) is 11.5. The second kappa shape index (κ2) is 9.34. The highest BCUT2D eigenvalue weighted by Crippen LogP contribution is 1.95. The second-order valence-electron chi connectivity index (χ2n) is 4.23. The van der Waals surface area contributed by atoms with E-state index in [1.165, 1.54) is 25.9 Å². The van der Waals surface area contributed by atoms with Crippen molar-refractivity contribution in [2.24, 2.45) is 11.8 Å². The lowest BCUT2D eigenvalue weighted by Gasteiger charge is -2.05. The zero-order valence-electron chi connectivity index (χ0n) is 8.94. The molecule has 76 valence electrons. The monoisotopic (exact) mass is 193 g/mol. The van der Waals surface area contributed by atoms with Crippen molar-refractivity contribution >= 4 is 0 Å². The summed E-state index contributed by atoms with van der Waals surface area (Å²) in [6.07, 6.45) is 2.72. The van der Waals surface area contributed by atoms with Gasteiger partial charge in [0.15, 0.2) is 0 Å². The van der Waals surface area contributed by atoms with Gasteiger partial charge in [-0.2, -0.15) is 0 Å². The van der Waals surface area contributed by atoms with Crippen molar-refractivity contribution in [3.8, 4) is 0 Å². The van der Waals surface area contributed by atoms with E-state index in [9.17, 15) is 0 Å². The molecule has 0 aliphatic heterocycles. The fraction of sp³-hybridized carbons (Fsp3) is 1.00. The van der Waals surface area contributed by atoms with E-state index in [0.717, 1.165) is 11.8 Å². The summed E-state index contributed by atoms with van der Waals surface area (Å²) in [4.78, 5) is 0. The van der Waals surface area contributed by atoms with E-state index in [4.69, 9.17) is 0 Å². The molecule has 0 aliphatic carbocycles. The van der Waals surface area contributed by atoms with Crippen LogP contribution in [0.1, 0.15) is 40.5 Å². The van der Waals surface area contributed by atoms with Gasteiger partial charge in [0.1, 0.15) is 0 Å². The fourth-order valence-electron chi connectivity index (χ4n) is 1.05. The third-order valence-electron chi connectivity index (χ3n) is 1.90. The normalized spacial score (nSPS) is 10.5. The van der Waals surface area contributed by atoms with E-state index in [-0.39, 0.29) is 12.4 Å². The van der Waals surface area contributed by atoms with Gasteiger partial charge in [0.25, 0.3) is 0 Å². The molecule has 0 unspecified atom stereocenters. The Morgan fingerprint density at radius 2 is 1.17 bits per heavy atom. The molecule has 0 aliphatic rings. The lowest BCUT2D eigenvalue weighted by molar-refractivity contribution is -0.656. The molecule has 0 saturated carbocycles. The van der Waals surface area contributed by atoms with Gasteiger partial charge in [-0.3, -0.25) is 0 Å². The van der Waals surface area contributed by atoms with Crippen molar-refractivity contribution in [3.05, 3.63) is 0 Å². The number of halogens is 1. The first-order valence-electron chi connectivity index (χ1n) is 4.94. The predicted octanol–water partition coefficient (Wildman–Crippen LogP) is -1.35. The Balaban J connectivity index is 0. The highest BCUT2D eigenvalue weighted by atomic mass is 35.5. The van der Waals surface area contributed by atoms with Crippen molar-refractivity contribution in [2.45, 2.75) is 40.5 Å². The largest absolute Gasteiger partial charge is 1.00 e. The van der Waals surface area contributed by atoms with Crippen LogP contribution in [0.2, 0.25) is 0 Å². The topological polar surface area (TPSA) is 16.6 Å². The van der Waals surface area contributed by atoms with Gasteiger partial charge in [-0.1, -0.05) is 27.7 Å². The molecule has 2 N–H and O–H groups in total. The maximum Gasteiger partial charge on any atom is 0.0757 e. The number of rotatable bonds is 6. The molecule has 0 atom stereocenters. The second-order valence-corrected chi connectivity index (χ2v) is 4.23. The maximum absolute atomic E-state index is 2.44. The molecule has 0 rings (SSSR count). The van der Waals surface area contributed by atoms with Gasteiger partial charge in [0.2, 0.25) is 0 Å². The van der Waals surface area contributed by atoms with Crippen molar-refractivity contribution in [2.75, 3.05) is 13.1 Å². The Morgan fingerprint density at radius 3 is 1.42 bits per heavy atom. The van der Waals surface area contributed by atoms with Gasteiger partial charge in [-0.25, -0.2) is 0 Å². The van der Waals surface area contributed by atoms with E-state index >= 15 is 0 Å². The third kappa shape index (κ3) is 12.9. The Labute approximate surface area is 83.7 Å². The lowest BCUT2D eigenvalue weighted by atomic mass is 10.1. The van der Waals surface area contributed by atoms with Crippen molar-refractivity contribution in [3.63, 3.8) is 0 Å². The van der Waals surface area contributed by atoms with E-state index in [1.807, 2.05) is 0 Å². The molecule has 0 aromatic carbocycles. The molecule has 0 heterocycles. The Morgan fingerprint density at radius 1 is 0.833 bits per heavy atom. The van der Waals surface area contributed by atoms with Gasteiger partial charge in [0, 0.05) is 0 Å². The van der Waals surface area contributed by atoms with Crippen molar-refractivity contribution < 1.29 is 17.7 Å². The molecule has 0 radical (unpaired) electrons.